The molecule has 122 valence electrons. The number of epoxide rings is 1. The van der Waals surface area contributed by atoms with E-state index in [1.165, 1.54) is 11.1 Å². The molecule has 4 nitrogen and oxygen atoms in total. The van der Waals surface area contributed by atoms with Crippen LogP contribution < -0.4 is 9.47 Å². The fourth-order valence-corrected chi connectivity index (χ4v) is 2.22. The number of ether oxygens (including phenoxy) is 3. The van der Waals surface area contributed by atoms with Crippen molar-refractivity contribution < 1.29 is 19.3 Å². The number of alkyl halides is 1. The van der Waals surface area contributed by atoms with Gasteiger partial charge in [-0.15, -0.1) is 0 Å². The highest BCUT2D eigenvalue weighted by molar-refractivity contribution is 6.19. The number of rotatable bonds is 8. The van der Waals surface area contributed by atoms with E-state index in [0.717, 1.165) is 18.8 Å². The highest BCUT2D eigenvalue weighted by Gasteiger charge is 2.22. The van der Waals surface area contributed by atoms with Crippen LogP contribution in [0, 0.1) is 0 Å². The van der Waals surface area contributed by atoms with Gasteiger partial charge in [-0.2, -0.15) is 0 Å². The van der Waals surface area contributed by atoms with Gasteiger partial charge in [0.25, 0.3) is 0 Å². The second-order valence-corrected chi connectivity index (χ2v) is 5.98. The SMILES string of the molecule is OC(Cl)COc1ccc(Cc2ccc(OCC3CO3)cc2)cc1. The standard InChI is InChI=1S/C18H19ClO4/c19-18(20)12-23-16-7-3-14(4-8-16)9-13-1-5-15(6-2-13)21-10-17-11-22-17/h1-8,17-18,20H,9-12H2. The van der Waals surface area contributed by atoms with Crippen LogP contribution in [0.15, 0.2) is 48.5 Å². The van der Waals surface area contributed by atoms with Gasteiger partial charge in [-0.05, 0) is 41.8 Å². The molecule has 0 aliphatic carbocycles. The van der Waals surface area contributed by atoms with Crippen molar-refractivity contribution >= 4 is 11.6 Å². The zero-order chi connectivity index (χ0) is 16.1. The lowest BCUT2D eigenvalue weighted by Crippen LogP contribution is -2.10. The van der Waals surface area contributed by atoms with Gasteiger partial charge in [-0.25, -0.2) is 0 Å². The maximum atomic E-state index is 8.98. The van der Waals surface area contributed by atoms with Crippen molar-refractivity contribution in [3.05, 3.63) is 59.7 Å². The number of aliphatic hydroxyl groups is 1. The Morgan fingerprint density at radius 3 is 2.00 bits per heavy atom. The largest absolute Gasteiger partial charge is 0.491 e. The van der Waals surface area contributed by atoms with E-state index in [4.69, 9.17) is 30.9 Å². The van der Waals surface area contributed by atoms with Gasteiger partial charge in [-0.1, -0.05) is 35.9 Å². The highest BCUT2D eigenvalue weighted by atomic mass is 35.5. The van der Waals surface area contributed by atoms with Crippen molar-refractivity contribution in [1.29, 1.82) is 0 Å². The molecule has 1 aliphatic rings. The maximum Gasteiger partial charge on any atom is 0.161 e. The molecule has 2 unspecified atom stereocenters. The van der Waals surface area contributed by atoms with Gasteiger partial charge in [-0.3, -0.25) is 0 Å². The van der Waals surface area contributed by atoms with Crippen LogP contribution in [0.4, 0.5) is 0 Å². The van der Waals surface area contributed by atoms with Gasteiger partial charge in [0.1, 0.15) is 30.8 Å². The molecule has 2 aromatic rings. The predicted octanol–water partition coefficient (Wildman–Crippen LogP) is 2.99. The zero-order valence-corrected chi connectivity index (χ0v) is 13.4. The summed E-state index contributed by atoms with van der Waals surface area (Å²) in [5.74, 6) is 1.56. The molecule has 2 aromatic carbocycles. The van der Waals surface area contributed by atoms with Gasteiger partial charge >= 0.3 is 0 Å². The minimum atomic E-state index is -0.984. The summed E-state index contributed by atoms with van der Waals surface area (Å²) >= 11 is 5.44. The molecule has 1 N–H and O–H groups in total. The van der Waals surface area contributed by atoms with Gasteiger partial charge in [0.05, 0.1) is 6.61 Å². The van der Waals surface area contributed by atoms with Crippen molar-refractivity contribution in [2.24, 2.45) is 0 Å². The van der Waals surface area contributed by atoms with E-state index in [1.807, 2.05) is 36.4 Å². The monoisotopic (exact) mass is 334 g/mol. The van der Waals surface area contributed by atoms with E-state index >= 15 is 0 Å². The third-order valence-corrected chi connectivity index (χ3v) is 3.61. The van der Waals surface area contributed by atoms with E-state index < -0.39 is 5.56 Å². The lowest BCUT2D eigenvalue weighted by atomic mass is 10.0. The first-order chi connectivity index (χ1) is 11.2. The number of hydrogen-bond donors (Lipinski definition) is 1. The molecule has 0 bridgehead atoms. The van der Waals surface area contributed by atoms with Gasteiger partial charge in [0, 0.05) is 0 Å². The smallest absolute Gasteiger partial charge is 0.161 e. The molecule has 1 saturated heterocycles. The minimum Gasteiger partial charge on any atom is -0.491 e. The molecule has 0 radical (unpaired) electrons. The Morgan fingerprint density at radius 1 is 1.00 bits per heavy atom. The van der Waals surface area contributed by atoms with E-state index in [2.05, 4.69) is 12.1 Å². The Morgan fingerprint density at radius 2 is 1.52 bits per heavy atom. The molecule has 1 aliphatic heterocycles. The topological polar surface area (TPSA) is 51.2 Å². The summed E-state index contributed by atoms with van der Waals surface area (Å²) in [4.78, 5) is 0. The third-order valence-electron chi connectivity index (χ3n) is 3.48. The Labute approximate surface area is 140 Å². The summed E-state index contributed by atoms with van der Waals surface area (Å²) in [5, 5.41) is 8.98. The van der Waals surface area contributed by atoms with Crippen LogP contribution in [0.3, 0.4) is 0 Å². The molecule has 0 aromatic heterocycles. The van der Waals surface area contributed by atoms with Crippen molar-refractivity contribution in [2.75, 3.05) is 19.8 Å². The first-order valence-electron chi connectivity index (χ1n) is 7.56. The Kier molecular flexibility index (Phi) is 5.39. The molecule has 5 heteroatoms. The van der Waals surface area contributed by atoms with Crippen LogP contribution in [0.5, 0.6) is 11.5 Å². The number of benzene rings is 2. The van der Waals surface area contributed by atoms with Crippen molar-refractivity contribution in [2.45, 2.75) is 18.1 Å². The van der Waals surface area contributed by atoms with Crippen LogP contribution >= 0.6 is 11.6 Å². The molecule has 0 saturated carbocycles. The average molecular weight is 335 g/mol. The summed E-state index contributed by atoms with van der Waals surface area (Å²) in [6.07, 6.45) is 1.11. The quantitative estimate of drug-likeness (QED) is 0.595. The number of hydrogen-bond acceptors (Lipinski definition) is 4. The number of halogens is 1. The molecule has 3 rings (SSSR count). The maximum absolute atomic E-state index is 8.98. The van der Waals surface area contributed by atoms with Gasteiger partial charge in [0.2, 0.25) is 0 Å². The van der Waals surface area contributed by atoms with Gasteiger partial charge < -0.3 is 19.3 Å². The van der Waals surface area contributed by atoms with Crippen LogP contribution in [0.1, 0.15) is 11.1 Å². The summed E-state index contributed by atoms with van der Waals surface area (Å²) in [6.45, 7) is 1.51. The Hall–Kier alpha value is -1.75. The minimum absolute atomic E-state index is 0.0776. The van der Waals surface area contributed by atoms with E-state index in [-0.39, 0.29) is 12.7 Å². The average Bonchev–Trinajstić information content (AvgIpc) is 3.38. The molecule has 23 heavy (non-hydrogen) atoms. The fraction of sp³-hybridized carbons (Fsp3) is 0.333. The van der Waals surface area contributed by atoms with Crippen LogP contribution in [0.2, 0.25) is 0 Å². The Balaban J connectivity index is 1.51. The first-order valence-corrected chi connectivity index (χ1v) is 8.00. The summed E-state index contributed by atoms with van der Waals surface area (Å²) in [7, 11) is 0. The molecule has 1 fully saturated rings. The molecule has 0 amide bonds. The number of aliphatic hydroxyl groups excluding tert-OH is 1. The third kappa shape index (κ3) is 5.43. The van der Waals surface area contributed by atoms with Crippen molar-refractivity contribution in [1.82, 2.24) is 0 Å². The molecule has 0 spiro atoms. The molecule has 1 heterocycles. The molecular weight excluding hydrogens is 316 g/mol. The second-order valence-electron chi connectivity index (χ2n) is 5.48. The van der Waals surface area contributed by atoms with E-state index in [0.29, 0.717) is 12.4 Å². The first kappa shape index (κ1) is 16.1. The lowest BCUT2D eigenvalue weighted by molar-refractivity contribution is 0.169. The summed E-state index contributed by atoms with van der Waals surface area (Å²) < 4.78 is 16.1. The highest BCUT2D eigenvalue weighted by Crippen LogP contribution is 2.19. The van der Waals surface area contributed by atoms with Crippen molar-refractivity contribution in [3.63, 3.8) is 0 Å². The van der Waals surface area contributed by atoms with Gasteiger partial charge in [0.15, 0.2) is 5.56 Å². The van der Waals surface area contributed by atoms with Crippen LogP contribution in [0.25, 0.3) is 0 Å². The normalized spacial score (nSPS) is 17.6. The van der Waals surface area contributed by atoms with Crippen molar-refractivity contribution in [3.8, 4) is 11.5 Å². The predicted molar refractivity (Wildman–Crippen MR) is 88.3 cm³/mol. The Bertz CT molecular complexity index is 558. The zero-order valence-electron chi connectivity index (χ0n) is 12.7. The van der Waals surface area contributed by atoms with E-state index in [9.17, 15) is 0 Å². The second kappa shape index (κ2) is 7.68. The van der Waals surface area contributed by atoms with Crippen LogP contribution in [-0.4, -0.2) is 36.6 Å². The fourth-order valence-electron chi connectivity index (χ4n) is 2.16. The summed E-state index contributed by atoms with van der Waals surface area (Å²) in [6, 6.07) is 15.9. The lowest BCUT2D eigenvalue weighted by Gasteiger charge is -2.08. The molecular formula is C18H19ClO4. The molecule has 2 atom stereocenters. The van der Waals surface area contributed by atoms with E-state index in [1.54, 1.807) is 0 Å². The summed E-state index contributed by atoms with van der Waals surface area (Å²) in [5.41, 5.74) is 1.41. The van der Waals surface area contributed by atoms with Crippen LogP contribution in [-0.2, 0) is 11.2 Å².